The minimum atomic E-state index is 0.204. The highest BCUT2D eigenvalue weighted by Crippen LogP contribution is 2.25. The van der Waals surface area contributed by atoms with Gasteiger partial charge < -0.3 is 10.1 Å². The minimum absolute atomic E-state index is 0.204. The number of nitrogens with one attached hydrogen (secondary N) is 1. The van der Waals surface area contributed by atoms with Crippen LogP contribution >= 0.6 is 0 Å². The van der Waals surface area contributed by atoms with Gasteiger partial charge in [0, 0.05) is 18.7 Å². The Morgan fingerprint density at radius 3 is 2.56 bits per heavy atom. The molecule has 16 heavy (non-hydrogen) atoms. The quantitative estimate of drug-likeness (QED) is 0.830. The molecule has 0 amide bonds. The lowest BCUT2D eigenvalue weighted by molar-refractivity contribution is -0.116. The van der Waals surface area contributed by atoms with Crippen LogP contribution in [0.1, 0.15) is 24.5 Å². The van der Waals surface area contributed by atoms with Crippen molar-refractivity contribution in [3.8, 4) is 5.75 Å². The van der Waals surface area contributed by atoms with Gasteiger partial charge in [0.1, 0.15) is 11.5 Å². The Labute approximate surface area is 96.8 Å². The molecule has 3 heteroatoms. The van der Waals surface area contributed by atoms with E-state index >= 15 is 0 Å². The topological polar surface area (TPSA) is 38.3 Å². The number of Topliss-reactive ketones (excluding diaryl/α,β-unsaturated/α-hetero) is 1. The first-order valence-corrected chi connectivity index (χ1v) is 5.43. The van der Waals surface area contributed by atoms with Crippen LogP contribution in [-0.4, -0.2) is 19.4 Å². The summed E-state index contributed by atoms with van der Waals surface area (Å²) in [5, 5.41) is 3.26. The van der Waals surface area contributed by atoms with E-state index in [0.29, 0.717) is 13.0 Å². The average Bonchev–Trinajstić information content (AvgIpc) is 2.22. The van der Waals surface area contributed by atoms with Crippen LogP contribution in [0.5, 0.6) is 5.75 Å². The summed E-state index contributed by atoms with van der Waals surface area (Å²) in [6.45, 7) is 6.32. The number of rotatable bonds is 5. The smallest absolute Gasteiger partial charge is 0.131 e. The van der Waals surface area contributed by atoms with Crippen molar-refractivity contribution >= 4 is 11.5 Å². The maximum atomic E-state index is 10.8. The molecule has 0 unspecified atom stereocenters. The van der Waals surface area contributed by atoms with E-state index in [0.717, 1.165) is 22.6 Å². The number of carbonyl (C=O) groups is 1. The fourth-order valence-corrected chi connectivity index (χ4v) is 1.57. The van der Waals surface area contributed by atoms with Crippen molar-refractivity contribution in [2.45, 2.75) is 27.2 Å². The average molecular weight is 221 g/mol. The van der Waals surface area contributed by atoms with E-state index in [4.69, 9.17) is 4.74 Å². The third-order valence-corrected chi connectivity index (χ3v) is 2.53. The van der Waals surface area contributed by atoms with Gasteiger partial charge in [-0.3, -0.25) is 4.79 Å². The summed E-state index contributed by atoms with van der Waals surface area (Å²) in [6, 6.07) is 4.06. The summed E-state index contributed by atoms with van der Waals surface area (Å²) in [5.41, 5.74) is 3.30. The number of anilines is 1. The summed E-state index contributed by atoms with van der Waals surface area (Å²) in [7, 11) is 1.67. The van der Waals surface area contributed by atoms with Gasteiger partial charge in [-0.05, 0) is 44.0 Å². The Balaban J connectivity index is 2.73. The van der Waals surface area contributed by atoms with Gasteiger partial charge in [-0.2, -0.15) is 0 Å². The molecule has 0 heterocycles. The van der Waals surface area contributed by atoms with E-state index in [1.807, 2.05) is 26.0 Å². The van der Waals surface area contributed by atoms with Crippen molar-refractivity contribution in [2.24, 2.45) is 0 Å². The number of hydrogen-bond donors (Lipinski definition) is 1. The highest BCUT2D eigenvalue weighted by molar-refractivity contribution is 5.76. The van der Waals surface area contributed by atoms with Crippen molar-refractivity contribution in [1.29, 1.82) is 0 Å². The zero-order valence-corrected chi connectivity index (χ0v) is 10.4. The summed E-state index contributed by atoms with van der Waals surface area (Å²) >= 11 is 0. The molecule has 88 valence electrons. The van der Waals surface area contributed by atoms with Crippen LogP contribution in [0, 0.1) is 13.8 Å². The molecule has 1 N–H and O–H groups in total. The number of methoxy groups -OCH3 is 1. The second-order valence-corrected chi connectivity index (χ2v) is 4.02. The third kappa shape index (κ3) is 3.26. The van der Waals surface area contributed by atoms with Crippen LogP contribution in [0.2, 0.25) is 0 Å². The molecule has 0 fully saturated rings. The standard InChI is InChI=1S/C13H19NO2/c1-9-8-13(16-4)10(2)7-12(9)14-6-5-11(3)15/h7-8,14H,5-6H2,1-4H3. The van der Waals surface area contributed by atoms with Crippen molar-refractivity contribution < 1.29 is 9.53 Å². The molecule has 0 aliphatic carbocycles. The minimum Gasteiger partial charge on any atom is -0.496 e. The van der Waals surface area contributed by atoms with Crippen LogP contribution < -0.4 is 10.1 Å². The number of carbonyl (C=O) groups excluding carboxylic acids is 1. The van der Waals surface area contributed by atoms with Gasteiger partial charge in [0.05, 0.1) is 7.11 Å². The van der Waals surface area contributed by atoms with Gasteiger partial charge in [-0.25, -0.2) is 0 Å². The second kappa shape index (κ2) is 5.54. The molecular weight excluding hydrogens is 202 g/mol. The lowest BCUT2D eigenvalue weighted by atomic mass is 10.1. The molecule has 0 spiro atoms. The molecule has 0 radical (unpaired) electrons. The SMILES string of the molecule is COc1cc(C)c(NCCC(C)=O)cc1C. The van der Waals surface area contributed by atoms with E-state index in [1.165, 1.54) is 0 Å². The van der Waals surface area contributed by atoms with Crippen molar-refractivity contribution in [1.82, 2.24) is 0 Å². The van der Waals surface area contributed by atoms with Crippen LogP contribution in [0.25, 0.3) is 0 Å². The zero-order valence-electron chi connectivity index (χ0n) is 10.4. The number of benzene rings is 1. The van der Waals surface area contributed by atoms with Gasteiger partial charge in [0.15, 0.2) is 0 Å². The number of ether oxygens (including phenoxy) is 1. The molecule has 0 bridgehead atoms. The van der Waals surface area contributed by atoms with Gasteiger partial charge in [-0.1, -0.05) is 0 Å². The van der Waals surface area contributed by atoms with Crippen LogP contribution in [0.15, 0.2) is 12.1 Å². The van der Waals surface area contributed by atoms with Crippen LogP contribution in [-0.2, 0) is 4.79 Å². The summed E-state index contributed by atoms with van der Waals surface area (Å²) in [4.78, 5) is 10.8. The molecular formula is C13H19NO2. The van der Waals surface area contributed by atoms with E-state index in [1.54, 1.807) is 14.0 Å². The summed E-state index contributed by atoms with van der Waals surface area (Å²) in [5.74, 6) is 1.10. The molecule has 0 aliphatic rings. The zero-order chi connectivity index (χ0) is 12.1. The molecule has 1 rings (SSSR count). The van der Waals surface area contributed by atoms with Gasteiger partial charge in [0.25, 0.3) is 0 Å². The van der Waals surface area contributed by atoms with Gasteiger partial charge in [0.2, 0.25) is 0 Å². The van der Waals surface area contributed by atoms with E-state index < -0.39 is 0 Å². The van der Waals surface area contributed by atoms with E-state index in [-0.39, 0.29) is 5.78 Å². The molecule has 3 nitrogen and oxygen atoms in total. The first-order valence-electron chi connectivity index (χ1n) is 5.43. The predicted octanol–water partition coefficient (Wildman–Crippen LogP) is 2.70. The van der Waals surface area contributed by atoms with Crippen molar-refractivity contribution in [3.05, 3.63) is 23.3 Å². The number of ketones is 1. The molecule has 0 aromatic heterocycles. The fourth-order valence-electron chi connectivity index (χ4n) is 1.57. The predicted molar refractivity (Wildman–Crippen MR) is 66.3 cm³/mol. The maximum absolute atomic E-state index is 10.8. The van der Waals surface area contributed by atoms with Crippen molar-refractivity contribution in [3.63, 3.8) is 0 Å². The lowest BCUT2D eigenvalue weighted by Crippen LogP contribution is -2.07. The molecule has 0 atom stereocenters. The fraction of sp³-hybridized carbons (Fsp3) is 0.462. The maximum Gasteiger partial charge on any atom is 0.131 e. The van der Waals surface area contributed by atoms with Crippen LogP contribution in [0.4, 0.5) is 5.69 Å². The Hall–Kier alpha value is -1.51. The first-order chi connectivity index (χ1) is 7.54. The van der Waals surface area contributed by atoms with Crippen LogP contribution in [0.3, 0.4) is 0 Å². The second-order valence-electron chi connectivity index (χ2n) is 4.02. The molecule has 0 saturated heterocycles. The van der Waals surface area contributed by atoms with Gasteiger partial charge >= 0.3 is 0 Å². The van der Waals surface area contributed by atoms with Crippen molar-refractivity contribution in [2.75, 3.05) is 19.0 Å². The highest BCUT2D eigenvalue weighted by Gasteiger charge is 2.04. The monoisotopic (exact) mass is 221 g/mol. The normalized spacial score (nSPS) is 10.0. The molecule has 1 aromatic carbocycles. The largest absolute Gasteiger partial charge is 0.496 e. The number of hydrogen-bond acceptors (Lipinski definition) is 3. The molecule has 0 saturated carbocycles. The lowest BCUT2D eigenvalue weighted by Gasteiger charge is -2.12. The highest BCUT2D eigenvalue weighted by atomic mass is 16.5. The van der Waals surface area contributed by atoms with E-state index in [2.05, 4.69) is 5.32 Å². The Kier molecular flexibility index (Phi) is 4.35. The Morgan fingerprint density at radius 1 is 1.31 bits per heavy atom. The summed E-state index contributed by atoms with van der Waals surface area (Å²) in [6.07, 6.45) is 0.560. The third-order valence-electron chi connectivity index (χ3n) is 2.53. The van der Waals surface area contributed by atoms with E-state index in [9.17, 15) is 4.79 Å². The Bertz CT molecular complexity index is 386. The first kappa shape index (κ1) is 12.6. The molecule has 1 aromatic rings. The Morgan fingerprint density at radius 2 is 2.00 bits per heavy atom. The molecule has 0 aliphatic heterocycles. The number of aryl methyl sites for hydroxylation is 2. The summed E-state index contributed by atoms with van der Waals surface area (Å²) < 4.78 is 5.24. The van der Waals surface area contributed by atoms with Gasteiger partial charge in [-0.15, -0.1) is 0 Å².